The van der Waals surface area contributed by atoms with E-state index in [0.717, 1.165) is 5.39 Å². The first kappa shape index (κ1) is 14.2. The number of H-pyrrole nitrogens is 1. The molecule has 0 aliphatic rings. The van der Waals surface area contributed by atoms with Gasteiger partial charge in [-0.3, -0.25) is 4.79 Å². The van der Waals surface area contributed by atoms with Gasteiger partial charge < -0.3 is 16.0 Å². The molecule has 1 amide bonds. The van der Waals surface area contributed by atoms with E-state index in [4.69, 9.17) is 5.73 Å². The third-order valence-electron chi connectivity index (χ3n) is 2.80. The van der Waals surface area contributed by atoms with E-state index in [1.54, 1.807) is 24.3 Å². The number of aromatic amines is 1. The fourth-order valence-electron chi connectivity index (χ4n) is 1.97. The number of nitrogens with two attached hydrogens (primary N) is 1. The summed E-state index contributed by atoms with van der Waals surface area (Å²) < 4.78 is 36.6. The van der Waals surface area contributed by atoms with Crippen molar-refractivity contribution in [1.29, 1.82) is 0 Å². The Hall–Kier alpha value is -2.18. The molecule has 108 valence electrons. The second-order valence-corrected chi connectivity index (χ2v) is 4.72. The monoisotopic (exact) mass is 285 g/mol. The van der Waals surface area contributed by atoms with Gasteiger partial charge in [-0.25, -0.2) is 0 Å². The predicted octanol–water partition coefficient (Wildman–Crippen LogP) is 2.82. The number of hydrogen-bond acceptors (Lipinski definition) is 2. The van der Waals surface area contributed by atoms with E-state index in [2.05, 4.69) is 10.3 Å². The first-order valence-electron chi connectivity index (χ1n) is 6.00. The molecule has 0 saturated heterocycles. The zero-order valence-corrected chi connectivity index (χ0v) is 10.7. The van der Waals surface area contributed by atoms with Crippen molar-refractivity contribution < 1.29 is 18.0 Å². The molecule has 0 spiro atoms. The highest BCUT2D eigenvalue weighted by molar-refractivity contribution is 5.98. The number of amides is 1. The summed E-state index contributed by atoms with van der Waals surface area (Å²) >= 11 is 0. The molecule has 2 aromatic rings. The maximum Gasteiger partial charge on any atom is 0.391 e. The fourth-order valence-corrected chi connectivity index (χ4v) is 1.97. The average molecular weight is 285 g/mol. The van der Waals surface area contributed by atoms with Gasteiger partial charge in [-0.15, -0.1) is 0 Å². The summed E-state index contributed by atoms with van der Waals surface area (Å²) in [6.07, 6.45) is -5.37. The van der Waals surface area contributed by atoms with Crippen LogP contribution >= 0.6 is 0 Å². The minimum absolute atomic E-state index is 0.208. The number of benzene rings is 1. The van der Waals surface area contributed by atoms with Crippen molar-refractivity contribution in [3.05, 3.63) is 30.0 Å². The standard InChI is InChI=1S/C13H14F3N3O/c1-7(6-13(14,15)16)18-12(20)11-5-8-4-9(17)2-3-10(8)19-11/h2-5,7,19H,6,17H2,1H3,(H,18,20). The predicted molar refractivity (Wildman–Crippen MR) is 70.3 cm³/mol. The molecule has 4 N–H and O–H groups in total. The van der Waals surface area contributed by atoms with Gasteiger partial charge in [0.1, 0.15) is 5.69 Å². The van der Waals surface area contributed by atoms with Crippen LogP contribution in [0.25, 0.3) is 10.9 Å². The number of carbonyl (C=O) groups is 1. The molecule has 1 heterocycles. The first-order valence-corrected chi connectivity index (χ1v) is 6.00. The Morgan fingerprint density at radius 1 is 1.40 bits per heavy atom. The van der Waals surface area contributed by atoms with Gasteiger partial charge in [-0.05, 0) is 31.2 Å². The van der Waals surface area contributed by atoms with Gasteiger partial charge in [0.25, 0.3) is 5.91 Å². The summed E-state index contributed by atoms with van der Waals surface area (Å²) in [5, 5.41) is 3.04. The Balaban J connectivity index is 2.11. The molecule has 0 radical (unpaired) electrons. The smallest absolute Gasteiger partial charge is 0.391 e. The second kappa shape index (κ2) is 5.07. The van der Waals surface area contributed by atoms with E-state index in [0.29, 0.717) is 11.2 Å². The number of nitrogens with one attached hydrogen (secondary N) is 2. The van der Waals surface area contributed by atoms with Crippen LogP contribution in [0.4, 0.5) is 18.9 Å². The lowest BCUT2D eigenvalue weighted by Gasteiger charge is -2.15. The number of aromatic nitrogens is 1. The number of fused-ring (bicyclic) bond motifs is 1. The lowest BCUT2D eigenvalue weighted by atomic mass is 10.2. The Labute approximate surface area is 113 Å². The summed E-state index contributed by atoms with van der Waals surface area (Å²) in [5.74, 6) is -0.573. The number of carbonyl (C=O) groups excluding carboxylic acids is 1. The van der Waals surface area contributed by atoms with Crippen molar-refractivity contribution in [3.63, 3.8) is 0 Å². The molecule has 1 aromatic carbocycles. The molecule has 0 saturated carbocycles. The Kier molecular flexibility index (Phi) is 3.61. The van der Waals surface area contributed by atoms with Crippen LogP contribution in [0.15, 0.2) is 24.3 Å². The Bertz CT molecular complexity index is 633. The highest BCUT2D eigenvalue weighted by Gasteiger charge is 2.30. The molecule has 7 heteroatoms. The van der Waals surface area contributed by atoms with Crippen LogP contribution in [0.3, 0.4) is 0 Å². The third-order valence-corrected chi connectivity index (χ3v) is 2.80. The second-order valence-electron chi connectivity index (χ2n) is 4.72. The zero-order valence-electron chi connectivity index (χ0n) is 10.7. The van der Waals surface area contributed by atoms with Crippen molar-refractivity contribution in [1.82, 2.24) is 10.3 Å². The summed E-state index contributed by atoms with van der Waals surface area (Å²) in [7, 11) is 0. The minimum atomic E-state index is -4.30. The molecule has 0 aliphatic heterocycles. The van der Waals surface area contributed by atoms with E-state index < -0.39 is 24.5 Å². The van der Waals surface area contributed by atoms with Crippen molar-refractivity contribution in [2.75, 3.05) is 5.73 Å². The van der Waals surface area contributed by atoms with E-state index in [9.17, 15) is 18.0 Å². The molecule has 1 atom stereocenters. The van der Waals surface area contributed by atoms with E-state index in [1.807, 2.05) is 0 Å². The van der Waals surface area contributed by atoms with Gasteiger partial charge in [0.15, 0.2) is 0 Å². The van der Waals surface area contributed by atoms with Gasteiger partial charge in [-0.1, -0.05) is 0 Å². The molecule has 1 aromatic heterocycles. The quantitative estimate of drug-likeness (QED) is 0.759. The topological polar surface area (TPSA) is 70.9 Å². The van der Waals surface area contributed by atoms with E-state index >= 15 is 0 Å². The van der Waals surface area contributed by atoms with Crippen molar-refractivity contribution in [3.8, 4) is 0 Å². The maximum atomic E-state index is 12.2. The summed E-state index contributed by atoms with van der Waals surface area (Å²) in [6, 6.07) is 5.63. The molecule has 20 heavy (non-hydrogen) atoms. The van der Waals surface area contributed by atoms with Crippen LogP contribution in [0, 0.1) is 0 Å². The van der Waals surface area contributed by atoms with Crippen LogP contribution in [0.2, 0.25) is 0 Å². The highest BCUT2D eigenvalue weighted by Crippen LogP contribution is 2.22. The molecule has 0 fully saturated rings. The Morgan fingerprint density at radius 2 is 2.10 bits per heavy atom. The largest absolute Gasteiger partial charge is 0.399 e. The summed E-state index contributed by atoms with van der Waals surface area (Å²) in [4.78, 5) is 14.7. The van der Waals surface area contributed by atoms with E-state index in [1.165, 1.54) is 6.92 Å². The van der Waals surface area contributed by atoms with E-state index in [-0.39, 0.29) is 5.69 Å². The average Bonchev–Trinajstić information content (AvgIpc) is 2.68. The number of hydrogen-bond donors (Lipinski definition) is 3. The summed E-state index contributed by atoms with van der Waals surface area (Å²) in [5.41, 5.74) is 7.08. The van der Waals surface area contributed by atoms with Crippen LogP contribution in [0.5, 0.6) is 0 Å². The fraction of sp³-hybridized carbons (Fsp3) is 0.308. The maximum absolute atomic E-state index is 12.2. The zero-order chi connectivity index (χ0) is 14.9. The van der Waals surface area contributed by atoms with Gasteiger partial charge in [-0.2, -0.15) is 13.2 Å². The molecular formula is C13H14F3N3O. The van der Waals surface area contributed by atoms with Gasteiger partial charge in [0, 0.05) is 22.6 Å². The third kappa shape index (κ3) is 3.43. The van der Waals surface area contributed by atoms with Crippen molar-refractivity contribution in [2.45, 2.75) is 25.6 Å². The summed E-state index contributed by atoms with van der Waals surface area (Å²) in [6.45, 7) is 1.31. The normalized spacial score (nSPS) is 13.4. The SMILES string of the molecule is CC(CC(F)(F)F)NC(=O)c1cc2cc(N)ccc2[nH]1. The number of halogens is 3. The molecule has 0 aliphatic carbocycles. The Morgan fingerprint density at radius 3 is 2.75 bits per heavy atom. The number of nitrogen functional groups attached to an aromatic ring is 1. The van der Waals surface area contributed by atoms with Crippen LogP contribution in [0.1, 0.15) is 23.8 Å². The number of rotatable bonds is 3. The first-order chi connectivity index (χ1) is 9.24. The van der Waals surface area contributed by atoms with Crippen LogP contribution in [-0.2, 0) is 0 Å². The molecule has 0 bridgehead atoms. The van der Waals surface area contributed by atoms with Gasteiger partial charge in [0.05, 0.1) is 6.42 Å². The molecular weight excluding hydrogens is 271 g/mol. The lowest BCUT2D eigenvalue weighted by Crippen LogP contribution is -2.36. The van der Waals surface area contributed by atoms with Crippen molar-refractivity contribution in [2.24, 2.45) is 0 Å². The molecule has 1 unspecified atom stereocenters. The number of anilines is 1. The molecule has 4 nitrogen and oxygen atoms in total. The van der Waals surface area contributed by atoms with Crippen LogP contribution < -0.4 is 11.1 Å². The van der Waals surface area contributed by atoms with Crippen molar-refractivity contribution >= 4 is 22.5 Å². The van der Waals surface area contributed by atoms with Crippen LogP contribution in [-0.4, -0.2) is 23.1 Å². The lowest BCUT2D eigenvalue weighted by molar-refractivity contribution is -0.138. The minimum Gasteiger partial charge on any atom is -0.399 e. The van der Waals surface area contributed by atoms with Gasteiger partial charge in [0.2, 0.25) is 0 Å². The highest BCUT2D eigenvalue weighted by atomic mass is 19.4. The number of alkyl halides is 3. The van der Waals surface area contributed by atoms with Gasteiger partial charge >= 0.3 is 6.18 Å². The molecule has 2 rings (SSSR count).